The largest absolute Gasteiger partial charge is 0.494 e. The van der Waals surface area contributed by atoms with Gasteiger partial charge in [0.05, 0.1) is 44.4 Å². The van der Waals surface area contributed by atoms with Gasteiger partial charge in [0.1, 0.15) is 30.2 Å². The molecule has 8 atom stereocenters. The third-order valence-corrected chi connectivity index (χ3v) is 7.56. The van der Waals surface area contributed by atoms with Gasteiger partial charge in [-0.05, 0) is 55.1 Å². The Morgan fingerprint density at radius 3 is 2.59 bits per heavy atom. The molecule has 37 heavy (non-hydrogen) atoms. The average Bonchev–Trinajstić information content (AvgIpc) is 3.30. The highest BCUT2D eigenvalue weighted by atomic mass is 16.7. The van der Waals surface area contributed by atoms with Gasteiger partial charge in [0.25, 0.3) is 0 Å². The molecule has 2 heterocycles. The summed E-state index contributed by atoms with van der Waals surface area (Å²) in [5.41, 5.74) is 6.55. The Balaban J connectivity index is 1.39. The average molecular weight is 526 g/mol. The molecular formula is C25H39N3O9. The van der Waals surface area contributed by atoms with Crippen LogP contribution in [0.1, 0.15) is 36.0 Å². The molecule has 12 nitrogen and oxygen atoms in total. The lowest BCUT2D eigenvalue weighted by Gasteiger charge is -2.40. The third kappa shape index (κ3) is 5.86. The number of ether oxygens (including phenoxy) is 3. The second-order valence-electron chi connectivity index (χ2n) is 10.0. The first-order valence-electron chi connectivity index (χ1n) is 12.8. The zero-order valence-corrected chi connectivity index (χ0v) is 21.2. The van der Waals surface area contributed by atoms with E-state index >= 15 is 0 Å². The molecule has 0 amide bonds. The zero-order valence-electron chi connectivity index (χ0n) is 21.2. The number of aliphatic hydroxyl groups is 6. The van der Waals surface area contributed by atoms with E-state index in [2.05, 4.69) is 28.8 Å². The number of fused-ring (bicyclic) bond motifs is 2. The topological polar surface area (TPSA) is 185 Å². The normalized spacial score (nSPS) is 32.9. The van der Waals surface area contributed by atoms with Crippen LogP contribution in [0.2, 0.25) is 0 Å². The van der Waals surface area contributed by atoms with Crippen molar-refractivity contribution in [3.8, 4) is 5.75 Å². The summed E-state index contributed by atoms with van der Waals surface area (Å²) in [7, 11) is 0. The molecule has 8 N–H and O–H groups in total. The minimum Gasteiger partial charge on any atom is -0.494 e. The molecule has 2 aliphatic heterocycles. The summed E-state index contributed by atoms with van der Waals surface area (Å²) >= 11 is 0. The maximum Gasteiger partial charge on any atom is 0.230 e. The van der Waals surface area contributed by atoms with E-state index < -0.39 is 37.3 Å². The van der Waals surface area contributed by atoms with E-state index in [-0.39, 0.29) is 37.1 Å². The van der Waals surface area contributed by atoms with E-state index in [4.69, 9.17) is 24.4 Å². The Bertz CT molecular complexity index is 942. The molecule has 0 aromatic heterocycles. The fourth-order valence-corrected chi connectivity index (χ4v) is 5.28. The van der Waals surface area contributed by atoms with Gasteiger partial charge in [-0.15, -0.1) is 5.10 Å². The van der Waals surface area contributed by atoms with Gasteiger partial charge in [-0.1, -0.05) is 6.92 Å². The monoisotopic (exact) mass is 525 g/mol. The predicted octanol–water partition coefficient (Wildman–Crippen LogP) is -1.92. The molecule has 0 spiro atoms. The van der Waals surface area contributed by atoms with Crippen LogP contribution < -0.4 is 15.5 Å². The number of nitrogens with one attached hydrogen (secondary N) is 2. The number of benzene rings is 1. The highest BCUT2D eigenvalue weighted by molar-refractivity contribution is 5.82. The van der Waals surface area contributed by atoms with Crippen molar-refractivity contribution in [1.29, 1.82) is 0 Å². The summed E-state index contributed by atoms with van der Waals surface area (Å²) in [6.07, 6.45) is -5.43. The summed E-state index contributed by atoms with van der Waals surface area (Å²) in [4.78, 5) is 0. The first-order valence-corrected chi connectivity index (χ1v) is 12.8. The van der Waals surface area contributed by atoms with Crippen molar-refractivity contribution in [1.82, 2.24) is 10.7 Å². The maximum absolute atomic E-state index is 10.4. The van der Waals surface area contributed by atoms with Gasteiger partial charge >= 0.3 is 0 Å². The number of aryl methyl sites for hydroxylation is 1. The van der Waals surface area contributed by atoms with Crippen molar-refractivity contribution >= 4 is 5.90 Å². The van der Waals surface area contributed by atoms with E-state index in [0.29, 0.717) is 25.5 Å². The highest BCUT2D eigenvalue weighted by Gasteiger charge is 2.48. The van der Waals surface area contributed by atoms with Crippen LogP contribution in [0.4, 0.5) is 0 Å². The number of hydrogen-bond acceptors (Lipinski definition) is 12. The standard InChI is InChI=1S/C25H39N3O9/c1-12-6-15(35-5-3-4-26-14(9-29)10-30)7-17-13(2)20-18(8-16(12)17)24(28-27-20)37-25-23(34)22(33)21(32)19(11-31)36-25/h6-7,13-14,18-23,25-27,29-34H,3-5,8-11H2,1-2H3/t13?,18?,19?,20?,21?,22?,23-,25?/m1/s1. The molecule has 208 valence electrons. The second-order valence-corrected chi connectivity index (χ2v) is 10.0. The Kier molecular flexibility index (Phi) is 9.24. The van der Waals surface area contributed by atoms with Gasteiger partial charge in [0, 0.05) is 5.92 Å². The van der Waals surface area contributed by atoms with E-state index in [1.54, 1.807) is 0 Å². The van der Waals surface area contributed by atoms with Crippen LogP contribution in [0.15, 0.2) is 17.2 Å². The van der Waals surface area contributed by atoms with Crippen molar-refractivity contribution in [2.45, 2.75) is 75.4 Å². The lowest BCUT2D eigenvalue weighted by molar-refractivity contribution is -0.282. The number of aliphatic hydroxyl groups excluding tert-OH is 6. The van der Waals surface area contributed by atoms with E-state index in [9.17, 15) is 20.4 Å². The van der Waals surface area contributed by atoms with Crippen molar-refractivity contribution in [2.24, 2.45) is 11.0 Å². The van der Waals surface area contributed by atoms with Crippen LogP contribution in [0.5, 0.6) is 5.75 Å². The second kappa shape index (κ2) is 12.2. The summed E-state index contributed by atoms with van der Waals surface area (Å²) in [6.45, 7) is 4.49. The van der Waals surface area contributed by atoms with Crippen LogP contribution in [0.3, 0.4) is 0 Å². The van der Waals surface area contributed by atoms with Crippen LogP contribution >= 0.6 is 0 Å². The molecule has 7 unspecified atom stereocenters. The molecule has 0 saturated carbocycles. The first kappa shape index (κ1) is 28.0. The Labute approximate surface area is 215 Å². The molecule has 1 aromatic rings. The van der Waals surface area contributed by atoms with Crippen LogP contribution in [-0.4, -0.2) is 112 Å². The van der Waals surface area contributed by atoms with Gasteiger partial charge in [-0.25, -0.2) is 0 Å². The van der Waals surface area contributed by atoms with Gasteiger partial charge in [0.15, 0.2) is 0 Å². The molecule has 12 heteroatoms. The summed E-state index contributed by atoms with van der Waals surface area (Å²) < 4.78 is 17.4. The Morgan fingerprint density at radius 2 is 1.89 bits per heavy atom. The molecule has 4 rings (SSSR count). The Morgan fingerprint density at radius 1 is 1.14 bits per heavy atom. The third-order valence-electron chi connectivity index (χ3n) is 7.56. The highest BCUT2D eigenvalue weighted by Crippen LogP contribution is 2.41. The lowest BCUT2D eigenvalue weighted by atomic mass is 9.73. The van der Waals surface area contributed by atoms with E-state index in [1.165, 1.54) is 5.56 Å². The molecule has 1 aliphatic carbocycles. The lowest BCUT2D eigenvalue weighted by Crippen LogP contribution is -2.59. The number of nitrogens with zero attached hydrogens (tertiary/aromatic N) is 1. The number of rotatable bonds is 10. The zero-order chi connectivity index (χ0) is 26.7. The van der Waals surface area contributed by atoms with Crippen LogP contribution in [0, 0.1) is 12.8 Å². The minimum absolute atomic E-state index is 0.0554. The summed E-state index contributed by atoms with van der Waals surface area (Å²) in [5, 5.41) is 65.6. The summed E-state index contributed by atoms with van der Waals surface area (Å²) in [6, 6.07) is 3.68. The SMILES string of the molecule is Cc1cc(OCCCNC(CO)CO)cc2c1CC1C(OC3OC(CO)C(O)C(O)[C@H]3O)=NNC1C2C. The summed E-state index contributed by atoms with van der Waals surface area (Å²) in [5.74, 6) is 1.08. The van der Waals surface area contributed by atoms with Crippen molar-refractivity contribution < 1.29 is 44.8 Å². The number of hydrogen-bond donors (Lipinski definition) is 8. The molecule has 3 aliphatic rings. The van der Waals surface area contributed by atoms with E-state index in [0.717, 1.165) is 23.3 Å². The maximum atomic E-state index is 10.4. The smallest absolute Gasteiger partial charge is 0.230 e. The van der Waals surface area contributed by atoms with Gasteiger partial charge in [-0.3, -0.25) is 0 Å². The molecule has 1 saturated heterocycles. The minimum atomic E-state index is -1.52. The fraction of sp³-hybridized carbons (Fsp3) is 0.720. The van der Waals surface area contributed by atoms with Crippen molar-refractivity contribution in [2.75, 3.05) is 33.0 Å². The fourth-order valence-electron chi connectivity index (χ4n) is 5.28. The quantitative estimate of drug-likeness (QED) is 0.159. The van der Waals surface area contributed by atoms with E-state index in [1.807, 2.05) is 13.0 Å². The van der Waals surface area contributed by atoms with Gasteiger partial charge < -0.3 is 55.6 Å². The van der Waals surface area contributed by atoms with Gasteiger partial charge in [0.2, 0.25) is 12.2 Å². The van der Waals surface area contributed by atoms with Crippen molar-refractivity contribution in [3.63, 3.8) is 0 Å². The Hall–Kier alpha value is -2.03. The number of hydrazone groups is 1. The molecular weight excluding hydrogens is 486 g/mol. The van der Waals surface area contributed by atoms with Crippen LogP contribution in [-0.2, 0) is 15.9 Å². The van der Waals surface area contributed by atoms with Crippen LogP contribution in [0.25, 0.3) is 0 Å². The molecule has 1 fully saturated rings. The first-order chi connectivity index (χ1) is 17.8. The van der Waals surface area contributed by atoms with Crippen molar-refractivity contribution in [3.05, 3.63) is 28.8 Å². The van der Waals surface area contributed by atoms with Gasteiger partial charge in [-0.2, -0.15) is 0 Å². The molecule has 0 bridgehead atoms. The molecule has 0 radical (unpaired) electrons. The molecule has 1 aromatic carbocycles. The predicted molar refractivity (Wildman–Crippen MR) is 132 cm³/mol.